The Morgan fingerprint density at radius 3 is 2.85 bits per heavy atom. The Morgan fingerprint density at radius 2 is 2.11 bits per heavy atom. The average Bonchev–Trinajstić information content (AvgIpc) is 3.11. The number of furan rings is 1. The van der Waals surface area contributed by atoms with Crippen LogP contribution < -0.4 is 15.0 Å². The van der Waals surface area contributed by atoms with Crippen molar-refractivity contribution in [2.24, 2.45) is 0 Å². The summed E-state index contributed by atoms with van der Waals surface area (Å²) in [6.45, 7) is 3.09. The minimum absolute atomic E-state index is 0.116. The van der Waals surface area contributed by atoms with E-state index in [9.17, 15) is 4.79 Å². The summed E-state index contributed by atoms with van der Waals surface area (Å²) in [5, 5.41) is 3.80. The lowest BCUT2D eigenvalue weighted by atomic mass is 10.1. The molecule has 27 heavy (non-hydrogen) atoms. The predicted molar refractivity (Wildman–Crippen MR) is 102 cm³/mol. The largest absolute Gasteiger partial charge is 0.497 e. The first-order valence-corrected chi connectivity index (χ1v) is 8.85. The maximum atomic E-state index is 12.4. The molecule has 3 heterocycles. The summed E-state index contributed by atoms with van der Waals surface area (Å²) in [4.78, 5) is 19.0. The van der Waals surface area contributed by atoms with Gasteiger partial charge in [-0.3, -0.25) is 4.79 Å². The Labute approximate surface area is 156 Å². The molecule has 0 saturated carbocycles. The molecule has 0 aliphatic carbocycles. The second-order valence-corrected chi connectivity index (χ2v) is 6.35. The molecule has 0 unspecified atom stereocenters. The van der Waals surface area contributed by atoms with Crippen LogP contribution in [-0.4, -0.2) is 44.3 Å². The molecule has 7 nitrogen and oxygen atoms in total. The van der Waals surface area contributed by atoms with Crippen LogP contribution in [0.4, 0.5) is 11.5 Å². The molecule has 1 aliphatic rings. The van der Waals surface area contributed by atoms with Crippen molar-refractivity contribution in [1.29, 1.82) is 0 Å². The van der Waals surface area contributed by atoms with Crippen LogP contribution in [0.25, 0.3) is 11.0 Å². The Morgan fingerprint density at radius 1 is 1.26 bits per heavy atom. The molecule has 0 bridgehead atoms. The zero-order chi connectivity index (χ0) is 18.6. The van der Waals surface area contributed by atoms with Gasteiger partial charge in [-0.2, -0.15) is 0 Å². The number of fused-ring (bicyclic) bond motifs is 1. The third-order valence-corrected chi connectivity index (χ3v) is 4.58. The quantitative estimate of drug-likeness (QED) is 0.747. The number of nitrogens with one attached hydrogen (secondary N) is 1. The SMILES string of the molecule is COc1ccc2c(CC(=O)Nc3ccc(N4CCOCC4)nc3)coc2c1. The Bertz CT molecular complexity index is 930. The number of carbonyl (C=O) groups excluding carboxylic acids is 1. The summed E-state index contributed by atoms with van der Waals surface area (Å²) < 4.78 is 16.1. The van der Waals surface area contributed by atoms with Crippen LogP contribution in [0.3, 0.4) is 0 Å². The summed E-state index contributed by atoms with van der Waals surface area (Å²) >= 11 is 0. The van der Waals surface area contributed by atoms with Crippen molar-refractivity contribution in [3.63, 3.8) is 0 Å². The fraction of sp³-hybridized carbons (Fsp3) is 0.300. The first kappa shape index (κ1) is 17.4. The highest BCUT2D eigenvalue weighted by atomic mass is 16.5. The monoisotopic (exact) mass is 367 g/mol. The Kier molecular flexibility index (Phi) is 4.93. The third-order valence-electron chi connectivity index (χ3n) is 4.58. The summed E-state index contributed by atoms with van der Waals surface area (Å²) in [5.74, 6) is 1.50. The molecule has 0 radical (unpaired) electrons. The highest BCUT2D eigenvalue weighted by Gasteiger charge is 2.14. The second kappa shape index (κ2) is 7.67. The van der Waals surface area contributed by atoms with Gasteiger partial charge in [0.2, 0.25) is 5.91 Å². The fourth-order valence-electron chi connectivity index (χ4n) is 3.15. The van der Waals surface area contributed by atoms with E-state index in [1.165, 1.54) is 0 Å². The molecule has 140 valence electrons. The lowest BCUT2D eigenvalue weighted by Crippen LogP contribution is -2.36. The van der Waals surface area contributed by atoms with Crippen LogP contribution in [0.5, 0.6) is 5.75 Å². The number of benzene rings is 1. The van der Waals surface area contributed by atoms with E-state index in [1.54, 1.807) is 19.6 Å². The van der Waals surface area contributed by atoms with Gasteiger partial charge in [-0.05, 0) is 24.3 Å². The Hall–Kier alpha value is -3.06. The first-order chi connectivity index (χ1) is 13.2. The van der Waals surface area contributed by atoms with Gasteiger partial charge in [0, 0.05) is 30.1 Å². The van der Waals surface area contributed by atoms with Crippen LogP contribution in [0.15, 0.2) is 47.2 Å². The van der Waals surface area contributed by atoms with Crippen LogP contribution in [0.1, 0.15) is 5.56 Å². The Balaban J connectivity index is 1.40. The number of hydrogen-bond acceptors (Lipinski definition) is 6. The molecule has 2 aromatic heterocycles. The van der Waals surface area contributed by atoms with Crippen molar-refractivity contribution < 1.29 is 18.7 Å². The lowest BCUT2D eigenvalue weighted by Gasteiger charge is -2.27. The maximum absolute atomic E-state index is 12.4. The van der Waals surface area contributed by atoms with E-state index in [2.05, 4.69) is 15.2 Å². The van der Waals surface area contributed by atoms with Crippen molar-refractivity contribution in [2.75, 3.05) is 43.6 Å². The number of pyridine rings is 1. The number of anilines is 2. The van der Waals surface area contributed by atoms with Gasteiger partial charge < -0.3 is 24.1 Å². The smallest absolute Gasteiger partial charge is 0.228 e. The molecule has 1 amide bonds. The van der Waals surface area contributed by atoms with Crippen molar-refractivity contribution in [3.8, 4) is 5.75 Å². The number of amides is 1. The minimum atomic E-state index is -0.116. The average molecular weight is 367 g/mol. The summed E-state index contributed by atoms with van der Waals surface area (Å²) in [6.07, 6.45) is 3.52. The number of morpholine rings is 1. The van der Waals surface area contributed by atoms with Gasteiger partial charge >= 0.3 is 0 Å². The molecule has 3 aromatic rings. The minimum Gasteiger partial charge on any atom is -0.497 e. The van der Waals surface area contributed by atoms with E-state index in [0.717, 1.165) is 35.6 Å². The lowest BCUT2D eigenvalue weighted by molar-refractivity contribution is -0.115. The van der Waals surface area contributed by atoms with Crippen LogP contribution in [0.2, 0.25) is 0 Å². The number of aromatic nitrogens is 1. The van der Waals surface area contributed by atoms with E-state index in [4.69, 9.17) is 13.9 Å². The van der Waals surface area contributed by atoms with Gasteiger partial charge in [-0.25, -0.2) is 4.98 Å². The molecule has 1 aliphatic heterocycles. The number of rotatable bonds is 5. The van der Waals surface area contributed by atoms with Crippen molar-refractivity contribution in [2.45, 2.75) is 6.42 Å². The maximum Gasteiger partial charge on any atom is 0.228 e. The third kappa shape index (κ3) is 3.88. The van der Waals surface area contributed by atoms with Gasteiger partial charge in [0.25, 0.3) is 0 Å². The summed E-state index contributed by atoms with van der Waals surface area (Å²) in [6, 6.07) is 9.35. The van der Waals surface area contributed by atoms with Gasteiger partial charge in [-0.15, -0.1) is 0 Å². The molecular formula is C20H21N3O4. The van der Waals surface area contributed by atoms with Crippen LogP contribution in [-0.2, 0) is 16.0 Å². The molecule has 4 rings (SSSR count). The molecule has 7 heteroatoms. The van der Waals surface area contributed by atoms with E-state index < -0.39 is 0 Å². The number of methoxy groups -OCH3 is 1. The van der Waals surface area contributed by atoms with Crippen molar-refractivity contribution >= 4 is 28.4 Å². The van der Waals surface area contributed by atoms with Crippen LogP contribution in [0, 0.1) is 0 Å². The number of hydrogen-bond donors (Lipinski definition) is 1. The van der Waals surface area contributed by atoms with Gasteiger partial charge in [0.05, 0.1) is 44.9 Å². The van der Waals surface area contributed by atoms with Crippen molar-refractivity contribution in [1.82, 2.24) is 4.98 Å². The highest BCUT2D eigenvalue weighted by Crippen LogP contribution is 2.26. The van der Waals surface area contributed by atoms with Crippen LogP contribution >= 0.6 is 0 Å². The zero-order valence-corrected chi connectivity index (χ0v) is 15.1. The molecular weight excluding hydrogens is 346 g/mol. The highest BCUT2D eigenvalue weighted by molar-refractivity contribution is 5.95. The molecule has 1 saturated heterocycles. The van der Waals surface area contributed by atoms with E-state index >= 15 is 0 Å². The number of ether oxygens (including phenoxy) is 2. The van der Waals surface area contributed by atoms with E-state index in [-0.39, 0.29) is 12.3 Å². The predicted octanol–water partition coefficient (Wildman–Crippen LogP) is 2.85. The van der Waals surface area contributed by atoms with Gasteiger partial charge in [0.15, 0.2) is 0 Å². The fourth-order valence-corrected chi connectivity index (χ4v) is 3.15. The standard InChI is InChI=1S/C20H21N3O4/c1-25-16-3-4-17-14(13-27-18(17)11-16)10-20(24)22-15-2-5-19(21-12-15)23-6-8-26-9-7-23/h2-5,11-13H,6-10H2,1H3,(H,22,24). The second-order valence-electron chi connectivity index (χ2n) is 6.35. The van der Waals surface area contributed by atoms with Crippen molar-refractivity contribution in [3.05, 3.63) is 48.4 Å². The first-order valence-electron chi connectivity index (χ1n) is 8.85. The normalized spacial score (nSPS) is 14.3. The van der Waals surface area contributed by atoms with Gasteiger partial charge in [0.1, 0.15) is 17.2 Å². The number of nitrogens with zero attached hydrogens (tertiary/aromatic N) is 2. The molecule has 1 aromatic carbocycles. The molecule has 1 fully saturated rings. The zero-order valence-electron chi connectivity index (χ0n) is 15.1. The topological polar surface area (TPSA) is 76.8 Å². The van der Waals surface area contributed by atoms with Gasteiger partial charge in [-0.1, -0.05) is 0 Å². The summed E-state index contributed by atoms with van der Waals surface area (Å²) in [5.41, 5.74) is 2.21. The molecule has 0 atom stereocenters. The number of carbonyl (C=O) groups is 1. The molecule has 0 spiro atoms. The summed E-state index contributed by atoms with van der Waals surface area (Å²) in [7, 11) is 1.61. The van der Waals surface area contributed by atoms with E-state index in [1.807, 2.05) is 30.3 Å². The molecule has 1 N–H and O–H groups in total. The van der Waals surface area contributed by atoms with E-state index in [0.29, 0.717) is 24.5 Å².